The van der Waals surface area contributed by atoms with Crippen LogP contribution in [0, 0.1) is 5.82 Å². The Labute approximate surface area is 88.6 Å². The maximum atomic E-state index is 12.7. The Balaban J connectivity index is 2.61. The molecule has 15 heavy (non-hydrogen) atoms. The van der Waals surface area contributed by atoms with Gasteiger partial charge in [-0.1, -0.05) is 6.07 Å². The molecule has 0 bridgehead atoms. The van der Waals surface area contributed by atoms with E-state index in [0.29, 0.717) is 18.5 Å². The number of benzene rings is 1. The highest BCUT2D eigenvalue weighted by Gasteiger charge is 2.09. The van der Waals surface area contributed by atoms with Gasteiger partial charge >= 0.3 is 0 Å². The van der Waals surface area contributed by atoms with E-state index in [1.54, 1.807) is 6.07 Å². The van der Waals surface area contributed by atoms with Crippen molar-refractivity contribution >= 4 is 0 Å². The molecule has 0 aromatic heterocycles. The molecule has 84 valence electrons. The van der Waals surface area contributed by atoms with Gasteiger partial charge in [0.1, 0.15) is 11.6 Å². The van der Waals surface area contributed by atoms with Gasteiger partial charge in [0.05, 0.1) is 0 Å². The zero-order valence-corrected chi connectivity index (χ0v) is 8.70. The van der Waals surface area contributed by atoms with Gasteiger partial charge in [0.25, 0.3) is 0 Å². The van der Waals surface area contributed by atoms with Gasteiger partial charge in [-0.25, -0.2) is 4.39 Å². The highest BCUT2D eigenvalue weighted by Crippen LogP contribution is 2.24. The maximum Gasteiger partial charge on any atom is 0.126 e. The minimum atomic E-state index is -0.446. The Kier molecular flexibility index (Phi) is 4.52. The number of halogens is 1. The van der Waals surface area contributed by atoms with Gasteiger partial charge in [-0.3, -0.25) is 0 Å². The monoisotopic (exact) mass is 213 g/mol. The maximum absolute atomic E-state index is 12.7. The van der Waals surface area contributed by atoms with Crippen LogP contribution >= 0.6 is 0 Å². The van der Waals surface area contributed by atoms with Crippen molar-refractivity contribution in [1.29, 1.82) is 0 Å². The number of aliphatic hydroxyl groups is 1. The summed E-state index contributed by atoms with van der Waals surface area (Å²) in [7, 11) is 0. The van der Waals surface area contributed by atoms with Crippen molar-refractivity contribution in [2.45, 2.75) is 19.4 Å². The molecule has 0 spiro atoms. The largest absolute Gasteiger partial charge is 0.508 e. The van der Waals surface area contributed by atoms with Crippen LogP contribution < -0.4 is 5.32 Å². The average molecular weight is 213 g/mol. The molecule has 0 saturated carbocycles. The summed E-state index contributed by atoms with van der Waals surface area (Å²) in [5.41, 5.74) is 0.661. The van der Waals surface area contributed by atoms with Crippen LogP contribution in [0.3, 0.4) is 0 Å². The van der Waals surface area contributed by atoms with Gasteiger partial charge in [0.15, 0.2) is 0 Å². The fraction of sp³-hybridized carbons (Fsp3) is 0.455. The number of phenols is 1. The smallest absolute Gasteiger partial charge is 0.126 e. The molecule has 1 aromatic carbocycles. The fourth-order valence-electron chi connectivity index (χ4n) is 1.39. The highest BCUT2D eigenvalue weighted by atomic mass is 19.1. The minimum absolute atomic E-state index is 0.0426. The Morgan fingerprint density at radius 1 is 1.47 bits per heavy atom. The van der Waals surface area contributed by atoms with E-state index >= 15 is 0 Å². The number of hydrogen-bond acceptors (Lipinski definition) is 3. The molecule has 1 atom stereocenters. The molecule has 3 nitrogen and oxygen atoms in total. The predicted octanol–water partition coefficient (Wildman–Crippen LogP) is 1.56. The molecule has 0 amide bonds. The average Bonchev–Trinajstić information content (AvgIpc) is 2.17. The van der Waals surface area contributed by atoms with Gasteiger partial charge in [0.2, 0.25) is 0 Å². The number of phenolic OH excluding ortho intramolecular Hbond substituents is 1. The number of aromatic hydroxyl groups is 1. The first-order valence-electron chi connectivity index (χ1n) is 4.98. The van der Waals surface area contributed by atoms with Crippen molar-refractivity contribution in [2.75, 3.05) is 13.2 Å². The van der Waals surface area contributed by atoms with Crippen molar-refractivity contribution in [3.8, 4) is 5.75 Å². The van der Waals surface area contributed by atoms with Crippen LogP contribution in [0.5, 0.6) is 5.75 Å². The molecule has 0 aliphatic rings. The van der Waals surface area contributed by atoms with Crippen LogP contribution in [0.2, 0.25) is 0 Å². The molecule has 0 aliphatic heterocycles. The summed E-state index contributed by atoms with van der Waals surface area (Å²) < 4.78 is 12.7. The second-order valence-corrected chi connectivity index (χ2v) is 3.46. The number of rotatable bonds is 5. The quantitative estimate of drug-likeness (QED) is 0.651. The highest BCUT2D eigenvalue weighted by molar-refractivity contribution is 5.34. The number of aliphatic hydroxyl groups excluding tert-OH is 1. The first kappa shape index (κ1) is 11.9. The van der Waals surface area contributed by atoms with E-state index in [4.69, 9.17) is 5.11 Å². The topological polar surface area (TPSA) is 52.5 Å². The molecule has 0 fully saturated rings. The third-order valence-electron chi connectivity index (χ3n) is 2.24. The van der Waals surface area contributed by atoms with Crippen molar-refractivity contribution < 1.29 is 14.6 Å². The van der Waals surface area contributed by atoms with Gasteiger partial charge in [-0.2, -0.15) is 0 Å². The summed E-state index contributed by atoms with van der Waals surface area (Å²) in [6.45, 7) is 2.67. The van der Waals surface area contributed by atoms with Crippen molar-refractivity contribution in [1.82, 2.24) is 5.32 Å². The molecule has 4 heteroatoms. The normalized spacial score (nSPS) is 12.7. The number of nitrogens with one attached hydrogen (secondary N) is 1. The first-order valence-corrected chi connectivity index (χ1v) is 4.98. The Morgan fingerprint density at radius 3 is 2.80 bits per heavy atom. The summed E-state index contributed by atoms with van der Waals surface area (Å²) in [4.78, 5) is 0. The summed E-state index contributed by atoms with van der Waals surface area (Å²) in [6.07, 6.45) is 0.659. The van der Waals surface area contributed by atoms with E-state index in [9.17, 15) is 9.50 Å². The summed E-state index contributed by atoms with van der Waals surface area (Å²) in [5, 5.41) is 21.2. The molecule has 0 unspecified atom stereocenters. The third-order valence-corrected chi connectivity index (χ3v) is 2.24. The van der Waals surface area contributed by atoms with E-state index < -0.39 is 5.82 Å². The summed E-state index contributed by atoms with van der Waals surface area (Å²) in [5.74, 6) is -0.488. The van der Waals surface area contributed by atoms with Crippen LogP contribution in [0.4, 0.5) is 4.39 Å². The van der Waals surface area contributed by atoms with Crippen LogP contribution in [0.15, 0.2) is 18.2 Å². The number of hydrogen-bond donors (Lipinski definition) is 3. The Morgan fingerprint density at radius 2 is 2.20 bits per heavy atom. The first-order chi connectivity index (χ1) is 7.15. The zero-order valence-electron chi connectivity index (χ0n) is 8.70. The van der Waals surface area contributed by atoms with E-state index in [0.717, 1.165) is 6.07 Å². The molecule has 0 aliphatic carbocycles. The second kappa shape index (κ2) is 5.68. The summed E-state index contributed by atoms with van der Waals surface area (Å²) >= 11 is 0. The summed E-state index contributed by atoms with van der Waals surface area (Å²) in [6, 6.07) is 3.91. The van der Waals surface area contributed by atoms with Gasteiger partial charge in [-0.15, -0.1) is 0 Å². The molecular weight excluding hydrogens is 197 g/mol. The van der Waals surface area contributed by atoms with Crippen LogP contribution in [-0.4, -0.2) is 23.4 Å². The Bertz CT molecular complexity index is 317. The lowest BCUT2D eigenvalue weighted by Gasteiger charge is -2.15. The van der Waals surface area contributed by atoms with Crippen molar-refractivity contribution in [3.63, 3.8) is 0 Å². The molecule has 1 aromatic rings. The molecule has 0 heterocycles. The van der Waals surface area contributed by atoms with Crippen LogP contribution in [0.1, 0.15) is 24.9 Å². The SMILES string of the molecule is C[C@H](NCCCO)c1ccc(F)cc1O. The zero-order chi connectivity index (χ0) is 11.3. The van der Waals surface area contributed by atoms with E-state index in [-0.39, 0.29) is 18.4 Å². The standard InChI is InChI=1S/C11H16FNO2/c1-8(13-5-2-6-14)10-4-3-9(12)7-11(10)15/h3-4,7-8,13-15H,2,5-6H2,1H3/t8-/m0/s1. The van der Waals surface area contributed by atoms with E-state index in [1.165, 1.54) is 6.07 Å². The van der Waals surface area contributed by atoms with Gasteiger partial charge in [-0.05, 0) is 26.0 Å². The molecule has 1 rings (SSSR count). The lowest BCUT2D eigenvalue weighted by atomic mass is 10.1. The Hall–Kier alpha value is -1.13. The molecule has 0 saturated heterocycles. The van der Waals surface area contributed by atoms with Crippen LogP contribution in [0.25, 0.3) is 0 Å². The van der Waals surface area contributed by atoms with Gasteiger partial charge < -0.3 is 15.5 Å². The second-order valence-electron chi connectivity index (χ2n) is 3.46. The van der Waals surface area contributed by atoms with E-state index in [2.05, 4.69) is 5.32 Å². The van der Waals surface area contributed by atoms with Crippen molar-refractivity contribution in [2.24, 2.45) is 0 Å². The molecule has 0 radical (unpaired) electrons. The fourth-order valence-corrected chi connectivity index (χ4v) is 1.39. The van der Waals surface area contributed by atoms with Gasteiger partial charge in [0, 0.05) is 24.3 Å². The lowest BCUT2D eigenvalue weighted by molar-refractivity contribution is 0.283. The van der Waals surface area contributed by atoms with E-state index in [1.807, 2.05) is 6.92 Å². The third kappa shape index (κ3) is 3.49. The molecular formula is C11H16FNO2. The lowest BCUT2D eigenvalue weighted by Crippen LogP contribution is -2.20. The predicted molar refractivity (Wildman–Crippen MR) is 56.2 cm³/mol. The van der Waals surface area contributed by atoms with Crippen molar-refractivity contribution in [3.05, 3.63) is 29.6 Å². The molecule has 3 N–H and O–H groups in total. The minimum Gasteiger partial charge on any atom is -0.508 e. The van der Waals surface area contributed by atoms with Crippen LogP contribution in [-0.2, 0) is 0 Å².